The topological polar surface area (TPSA) is 21.3 Å². The van der Waals surface area contributed by atoms with E-state index in [1.54, 1.807) is 0 Å². The Morgan fingerprint density at radius 3 is 2.36 bits per heavy atom. The van der Waals surface area contributed by atoms with Crippen molar-refractivity contribution in [1.82, 2.24) is 0 Å². The minimum absolute atomic E-state index is 0.506. The zero-order valence-corrected chi connectivity index (χ0v) is 14.5. The average molecular weight is 318 g/mol. The number of anilines is 1. The third kappa shape index (κ3) is 4.17. The van der Waals surface area contributed by atoms with Crippen LogP contribution in [0.5, 0.6) is 5.75 Å². The summed E-state index contributed by atoms with van der Waals surface area (Å²) in [5, 5.41) is 4.27. The molecule has 0 spiro atoms. The molecule has 2 rings (SSSR count). The molecule has 118 valence electrons. The van der Waals surface area contributed by atoms with E-state index in [2.05, 4.69) is 43.4 Å². The van der Waals surface area contributed by atoms with Gasteiger partial charge in [0, 0.05) is 17.3 Å². The van der Waals surface area contributed by atoms with Crippen LogP contribution in [0.15, 0.2) is 36.4 Å². The predicted molar refractivity (Wildman–Crippen MR) is 95.4 cm³/mol. The maximum atomic E-state index is 6.17. The predicted octanol–water partition coefficient (Wildman–Crippen LogP) is 5.57. The quantitative estimate of drug-likeness (QED) is 0.703. The highest BCUT2D eigenvalue weighted by atomic mass is 35.5. The number of nitrogens with one attached hydrogen (secondary N) is 1. The van der Waals surface area contributed by atoms with Crippen LogP contribution in [0.2, 0.25) is 5.02 Å². The lowest BCUT2D eigenvalue weighted by Gasteiger charge is -2.15. The largest absolute Gasteiger partial charge is 0.492 e. The summed E-state index contributed by atoms with van der Waals surface area (Å²) in [5.41, 5.74) is 4.62. The van der Waals surface area contributed by atoms with E-state index in [1.165, 1.54) is 11.3 Å². The Labute approximate surface area is 138 Å². The summed E-state index contributed by atoms with van der Waals surface area (Å²) in [7, 11) is 0. The maximum Gasteiger partial charge on any atom is 0.120 e. The molecule has 0 fully saturated rings. The standard InChI is InChI=1S/C19H24ClNO/c1-13(2)17-7-5-6-8-18(17)21-9-10-22-16-11-14(3)19(20)15(4)12-16/h5-8,11-13,21H,9-10H2,1-4H3. The van der Waals surface area contributed by atoms with Crippen molar-refractivity contribution in [2.45, 2.75) is 33.6 Å². The minimum atomic E-state index is 0.506. The number of aryl methyl sites for hydroxylation is 2. The van der Waals surface area contributed by atoms with Crippen LogP contribution in [0, 0.1) is 13.8 Å². The Morgan fingerprint density at radius 1 is 1.09 bits per heavy atom. The zero-order chi connectivity index (χ0) is 16.1. The van der Waals surface area contributed by atoms with Crippen molar-refractivity contribution in [3.05, 3.63) is 58.1 Å². The summed E-state index contributed by atoms with van der Waals surface area (Å²) in [6.07, 6.45) is 0. The number of hydrogen-bond donors (Lipinski definition) is 1. The summed E-state index contributed by atoms with van der Waals surface area (Å²) in [6, 6.07) is 12.4. The molecule has 22 heavy (non-hydrogen) atoms. The van der Waals surface area contributed by atoms with E-state index in [0.717, 1.165) is 28.4 Å². The van der Waals surface area contributed by atoms with Crippen LogP contribution < -0.4 is 10.1 Å². The molecule has 0 saturated heterocycles. The molecule has 0 heterocycles. The first kappa shape index (κ1) is 16.7. The molecular weight excluding hydrogens is 294 g/mol. The lowest BCUT2D eigenvalue weighted by molar-refractivity contribution is 0.332. The van der Waals surface area contributed by atoms with Crippen LogP contribution in [0.3, 0.4) is 0 Å². The third-order valence-corrected chi connectivity index (χ3v) is 4.28. The highest BCUT2D eigenvalue weighted by Gasteiger charge is 2.06. The second-order valence-corrected chi connectivity index (χ2v) is 6.27. The van der Waals surface area contributed by atoms with Gasteiger partial charge in [0.2, 0.25) is 0 Å². The van der Waals surface area contributed by atoms with Gasteiger partial charge in [0.25, 0.3) is 0 Å². The van der Waals surface area contributed by atoms with Gasteiger partial charge in [0.1, 0.15) is 12.4 Å². The van der Waals surface area contributed by atoms with Gasteiger partial charge in [-0.3, -0.25) is 0 Å². The fourth-order valence-corrected chi connectivity index (χ4v) is 2.61. The first-order valence-electron chi connectivity index (χ1n) is 7.71. The third-order valence-electron chi connectivity index (χ3n) is 3.68. The van der Waals surface area contributed by atoms with Crippen molar-refractivity contribution in [1.29, 1.82) is 0 Å². The number of benzene rings is 2. The summed E-state index contributed by atoms with van der Waals surface area (Å²) >= 11 is 6.17. The van der Waals surface area contributed by atoms with Crippen molar-refractivity contribution in [2.24, 2.45) is 0 Å². The number of halogens is 1. The number of rotatable bonds is 6. The van der Waals surface area contributed by atoms with Gasteiger partial charge in [0.05, 0.1) is 0 Å². The Kier molecular flexibility index (Phi) is 5.73. The fraction of sp³-hybridized carbons (Fsp3) is 0.368. The number of ether oxygens (including phenoxy) is 1. The lowest BCUT2D eigenvalue weighted by Crippen LogP contribution is -2.13. The fourth-order valence-electron chi connectivity index (χ4n) is 2.51. The Morgan fingerprint density at radius 2 is 1.73 bits per heavy atom. The summed E-state index contributed by atoms with van der Waals surface area (Å²) < 4.78 is 5.82. The highest BCUT2D eigenvalue weighted by molar-refractivity contribution is 6.32. The highest BCUT2D eigenvalue weighted by Crippen LogP contribution is 2.26. The number of hydrogen-bond acceptors (Lipinski definition) is 2. The zero-order valence-electron chi connectivity index (χ0n) is 13.7. The molecule has 0 aliphatic heterocycles. The lowest BCUT2D eigenvalue weighted by atomic mass is 10.0. The van der Waals surface area contributed by atoms with Crippen molar-refractivity contribution < 1.29 is 4.74 Å². The van der Waals surface area contributed by atoms with E-state index in [0.29, 0.717) is 12.5 Å². The molecule has 0 aromatic heterocycles. The van der Waals surface area contributed by atoms with Gasteiger partial charge >= 0.3 is 0 Å². The molecule has 0 aliphatic rings. The molecule has 2 aromatic rings. The second-order valence-electron chi connectivity index (χ2n) is 5.89. The van der Waals surface area contributed by atoms with Crippen LogP contribution in [0.4, 0.5) is 5.69 Å². The van der Waals surface area contributed by atoms with Crippen molar-refractivity contribution in [3.63, 3.8) is 0 Å². The van der Waals surface area contributed by atoms with Crippen molar-refractivity contribution >= 4 is 17.3 Å². The molecule has 3 heteroatoms. The SMILES string of the molecule is Cc1cc(OCCNc2ccccc2C(C)C)cc(C)c1Cl. The van der Waals surface area contributed by atoms with Gasteiger partial charge in [-0.15, -0.1) is 0 Å². The van der Waals surface area contributed by atoms with Gasteiger partial charge in [-0.1, -0.05) is 43.6 Å². The molecule has 0 amide bonds. The summed E-state index contributed by atoms with van der Waals surface area (Å²) in [6.45, 7) is 9.79. The first-order chi connectivity index (χ1) is 10.5. The molecule has 0 unspecified atom stereocenters. The Bertz CT molecular complexity index is 614. The van der Waals surface area contributed by atoms with Gasteiger partial charge in [-0.05, 0) is 54.7 Å². The van der Waals surface area contributed by atoms with Crippen LogP contribution in [-0.2, 0) is 0 Å². The molecular formula is C19H24ClNO. The molecule has 0 saturated carbocycles. The van der Waals surface area contributed by atoms with Gasteiger partial charge < -0.3 is 10.1 Å². The second kappa shape index (κ2) is 7.55. The average Bonchev–Trinajstić information content (AvgIpc) is 2.49. The van der Waals surface area contributed by atoms with Crippen molar-refractivity contribution in [3.8, 4) is 5.75 Å². The molecule has 1 N–H and O–H groups in total. The molecule has 2 nitrogen and oxygen atoms in total. The minimum Gasteiger partial charge on any atom is -0.492 e. The smallest absolute Gasteiger partial charge is 0.120 e. The molecule has 0 bridgehead atoms. The maximum absolute atomic E-state index is 6.17. The van der Waals surface area contributed by atoms with Crippen LogP contribution >= 0.6 is 11.6 Å². The van der Waals surface area contributed by atoms with E-state index in [4.69, 9.17) is 16.3 Å². The van der Waals surface area contributed by atoms with Gasteiger partial charge in [-0.2, -0.15) is 0 Å². The molecule has 2 aromatic carbocycles. The van der Waals surface area contributed by atoms with E-state index in [-0.39, 0.29) is 0 Å². The summed E-state index contributed by atoms with van der Waals surface area (Å²) in [5.74, 6) is 1.38. The van der Waals surface area contributed by atoms with Crippen molar-refractivity contribution in [2.75, 3.05) is 18.5 Å². The Balaban J connectivity index is 1.90. The summed E-state index contributed by atoms with van der Waals surface area (Å²) in [4.78, 5) is 0. The molecule has 0 radical (unpaired) electrons. The number of para-hydroxylation sites is 1. The first-order valence-corrected chi connectivity index (χ1v) is 8.09. The monoisotopic (exact) mass is 317 g/mol. The molecule has 0 aliphatic carbocycles. The van der Waals surface area contributed by atoms with Gasteiger partial charge in [0.15, 0.2) is 0 Å². The van der Waals surface area contributed by atoms with Crippen LogP contribution in [-0.4, -0.2) is 13.2 Å². The van der Waals surface area contributed by atoms with E-state index in [1.807, 2.05) is 26.0 Å². The van der Waals surface area contributed by atoms with E-state index < -0.39 is 0 Å². The van der Waals surface area contributed by atoms with Crippen LogP contribution in [0.25, 0.3) is 0 Å². The van der Waals surface area contributed by atoms with Crippen LogP contribution in [0.1, 0.15) is 36.5 Å². The van der Waals surface area contributed by atoms with Gasteiger partial charge in [-0.25, -0.2) is 0 Å². The normalized spacial score (nSPS) is 10.8. The van der Waals surface area contributed by atoms with E-state index in [9.17, 15) is 0 Å². The van der Waals surface area contributed by atoms with E-state index >= 15 is 0 Å². The Hall–Kier alpha value is -1.67. The molecule has 0 atom stereocenters.